The molecular weight excluding hydrogens is 525 g/mol. The number of ether oxygens (including phenoxy) is 1. The van der Waals surface area contributed by atoms with Crippen LogP contribution in [0.4, 0.5) is 11.4 Å². The summed E-state index contributed by atoms with van der Waals surface area (Å²) in [6, 6.07) is 19.5. The highest BCUT2D eigenvalue weighted by Gasteiger charge is 2.12. The van der Waals surface area contributed by atoms with E-state index in [9.17, 15) is 9.59 Å². The first-order valence-corrected chi connectivity index (χ1v) is 10.8. The number of carbonyl (C=O) groups excluding carboxylic acids is 2. The van der Waals surface area contributed by atoms with E-state index in [1.54, 1.807) is 49.6 Å². The Balaban J connectivity index is 1.63. The van der Waals surface area contributed by atoms with Crippen LogP contribution in [0, 0.1) is 10.5 Å². The van der Waals surface area contributed by atoms with Crippen LogP contribution in [0.2, 0.25) is 0 Å². The van der Waals surface area contributed by atoms with Gasteiger partial charge in [-0.25, -0.2) is 0 Å². The lowest BCUT2D eigenvalue weighted by atomic mass is 10.1. The second kappa shape index (κ2) is 10.4. The molecule has 2 amide bonds. The van der Waals surface area contributed by atoms with Gasteiger partial charge in [-0.05, 0) is 95.8 Å². The van der Waals surface area contributed by atoms with Gasteiger partial charge in [-0.1, -0.05) is 18.2 Å². The lowest BCUT2D eigenvalue weighted by molar-refractivity contribution is 0.0976. The standard InChI is InChI=1S/C23H20IN3O3S/c1-14-5-3-7-17(11-14)25-21(28)15-6-4-8-18(12-15)26-23(31)27-22(29)16-9-10-20(30-2)19(24)13-16/h3-13H,1-2H3,(H,25,28)(H2,26,27,29,31). The Labute approximate surface area is 199 Å². The fraction of sp³-hybridized carbons (Fsp3) is 0.0870. The number of halogens is 1. The zero-order valence-electron chi connectivity index (χ0n) is 16.9. The van der Waals surface area contributed by atoms with Crippen LogP contribution in [0.15, 0.2) is 66.7 Å². The van der Waals surface area contributed by atoms with Crippen molar-refractivity contribution < 1.29 is 14.3 Å². The third-order valence-corrected chi connectivity index (χ3v) is 5.35. The van der Waals surface area contributed by atoms with Crippen molar-refractivity contribution in [1.29, 1.82) is 0 Å². The Hall–Kier alpha value is -2.98. The number of thiocarbonyl (C=S) groups is 1. The number of hydrogen-bond acceptors (Lipinski definition) is 4. The maximum absolute atomic E-state index is 12.6. The second-order valence-corrected chi connectivity index (χ2v) is 8.23. The van der Waals surface area contributed by atoms with Crippen LogP contribution in [0.1, 0.15) is 26.3 Å². The third kappa shape index (κ3) is 6.25. The van der Waals surface area contributed by atoms with Gasteiger partial charge in [-0.15, -0.1) is 0 Å². The lowest BCUT2D eigenvalue weighted by Gasteiger charge is -2.12. The molecule has 0 atom stereocenters. The predicted molar refractivity (Wildman–Crippen MR) is 135 cm³/mol. The van der Waals surface area contributed by atoms with Gasteiger partial charge in [-0.2, -0.15) is 0 Å². The number of amides is 2. The van der Waals surface area contributed by atoms with Crippen LogP contribution < -0.4 is 20.7 Å². The molecule has 3 aromatic rings. The summed E-state index contributed by atoms with van der Waals surface area (Å²) in [6.45, 7) is 1.96. The van der Waals surface area contributed by atoms with Crippen molar-refractivity contribution in [1.82, 2.24) is 5.32 Å². The number of methoxy groups -OCH3 is 1. The summed E-state index contributed by atoms with van der Waals surface area (Å²) < 4.78 is 6.02. The minimum absolute atomic E-state index is 0.132. The van der Waals surface area contributed by atoms with E-state index < -0.39 is 0 Å². The van der Waals surface area contributed by atoms with Crippen LogP contribution >= 0.6 is 34.8 Å². The largest absolute Gasteiger partial charge is 0.496 e. The van der Waals surface area contributed by atoms with Crippen molar-refractivity contribution in [2.75, 3.05) is 17.7 Å². The molecule has 0 aromatic heterocycles. The van der Waals surface area contributed by atoms with Crippen LogP contribution in [0.5, 0.6) is 5.75 Å². The highest BCUT2D eigenvalue weighted by atomic mass is 127. The monoisotopic (exact) mass is 545 g/mol. The van der Waals surface area contributed by atoms with Gasteiger partial charge >= 0.3 is 0 Å². The minimum atomic E-state index is -0.341. The Morgan fingerprint density at radius 2 is 1.55 bits per heavy atom. The smallest absolute Gasteiger partial charge is 0.257 e. The van der Waals surface area contributed by atoms with E-state index >= 15 is 0 Å². The second-order valence-electron chi connectivity index (χ2n) is 6.66. The summed E-state index contributed by atoms with van der Waals surface area (Å²) in [5.74, 6) is 0.113. The number of benzene rings is 3. The Morgan fingerprint density at radius 3 is 2.23 bits per heavy atom. The first-order chi connectivity index (χ1) is 14.9. The van der Waals surface area contributed by atoms with Gasteiger partial charge in [-0.3, -0.25) is 14.9 Å². The van der Waals surface area contributed by atoms with Crippen LogP contribution in [-0.4, -0.2) is 24.0 Å². The zero-order chi connectivity index (χ0) is 22.4. The summed E-state index contributed by atoms with van der Waals surface area (Å²) in [7, 11) is 1.57. The van der Waals surface area contributed by atoms with Crippen molar-refractivity contribution in [3.8, 4) is 5.75 Å². The molecule has 158 valence electrons. The van der Waals surface area contributed by atoms with Crippen molar-refractivity contribution >= 4 is 63.1 Å². The molecule has 0 saturated carbocycles. The fourth-order valence-electron chi connectivity index (χ4n) is 2.81. The molecule has 8 heteroatoms. The molecule has 0 aliphatic heterocycles. The zero-order valence-corrected chi connectivity index (χ0v) is 19.8. The summed E-state index contributed by atoms with van der Waals surface area (Å²) in [5, 5.41) is 8.58. The molecule has 0 aliphatic carbocycles. The number of aryl methyl sites for hydroxylation is 1. The number of carbonyl (C=O) groups is 2. The van der Waals surface area contributed by atoms with Crippen LogP contribution in [0.25, 0.3) is 0 Å². The Bertz CT molecular complexity index is 1150. The maximum Gasteiger partial charge on any atom is 0.257 e. The van der Waals surface area contributed by atoms with Crippen LogP contribution in [0.3, 0.4) is 0 Å². The Kier molecular flexibility index (Phi) is 7.59. The van der Waals surface area contributed by atoms with Crippen molar-refractivity contribution in [3.63, 3.8) is 0 Å². The molecule has 6 nitrogen and oxygen atoms in total. The molecule has 0 saturated heterocycles. The molecule has 3 aromatic carbocycles. The number of nitrogens with one attached hydrogen (secondary N) is 3. The van der Waals surface area contributed by atoms with Crippen molar-refractivity contribution in [2.24, 2.45) is 0 Å². The number of rotatable bonds is 5. The highest BCUT2D eigenvalue weighted by Crippen LogP contribution is 2.21. The molecule has 0 aliphatic rings. The van der Waals surface area contributed by atoms with Gasteiger partial charge in [0.2, 0.25) is 0 Å². The molecule has 0 unspecified atom stereocenters. The summed E-state index contributed by atoms with van der Waals surface area (Å²) in [5.41, 5.74) is 3.29. The van der Waals surface area contributed by atoms with E-state index in [2.05, 4.69) is 38.5 Å². The first-order valence-electron chi connectivity index (χ1n) is 9.29. The average molecular weight is 545 g/mol. The summed E-state index contributed by atoms with van der Waals surface area (Å²) >= 11 is 7.35. The van der Waals surface area contributed by atoms with Gasteiger partial charge in [0.1, 0.15) is 5.75 Å². The van der Waals surface area contributed by atoms with E-state index in [1.165, 1.54) is 0 Å². The molecule has 31 heavy (non-hydrogen) atoms. The molecule has 0 fully saturated rings. The maximum atomic E-state index is 12.6. The number of hydrogen-bond donors (Lipinski definition) is 3. The van der Waals surface area contributed by atoms with Crippen LogP contribution in [-0.2, 0) is 0 Å². The molecular formula is C23H20IN3O3S. The van der Waals surface area contributed by atoms with Gasteiger partial charge < -0.3 is 15.4 Å². The number of anilines is 2. The molecule has 3 N–H and O–H groups in total. The fourth-order valence-corrected chi connectivity index (χ4v) is 3.76. The minimum Gasteiger partial charge on any atom is -0.496 e. The Morgan fingerprint density at radius 1 is 0.871 bits per heavy atom. The van der Waals surface area contributed by atoms with Gasteiger partial charge in [0, 0.05) is 22.5 Å². The van der Waals surface area contributed by atoms with Crippen molar-refractivity contribution in [3.05, 3.63) is 87.0 Å². The molecule has 0 heterocycles. The van der Waals surface area contributed by atoms with E-state index in [-0.39, 0.29) is 16.9 Å². The third-order valence-electron chi connectivity index (χ3n) is 4.30. The molecule has 0 bridgehead atoms. The van der Waals surface area contributed by atoms with E-state index in [0.717, 1.165) is 14.8 Å². The highest BCUT2D eigenvalue weighted by molar-refractivity contribution is 14.1. The van der Waals surface area contributed by atoms with E-state index in [0.29, 0.717) is 22.6 Å². The summed E-state index contributed by atoms with van der Waals surface area (Å²) in [4.78, 5) is 25.0. The molecule has 3 rings (SSSR count). The van der Waals surface area contributed by atoms with Gasteiger partial charge in [0.05, 0.1) is 10.7 Å². The van der Waals surface area contributed by atoms with Gasteiger partial charge in [0.25, 0.3) is 11.8 Å². The average Bonchev–Trinajstić information content (AvgIpc) is 2.73. The van der Waals surface area contributed by atoms with E-state index in [1.807, 2.05) is 31.2 Å². The topological polar surface area (TPSA) is 79.5 Å². The SMILES string of the molecule is COc1ccc(C(=O)NC(=S)Nc2cccc(C(=O)Nc3cccc(C)c3)c2)cc1I. The van der Waals surface area contributed by atoms with Gasteiger partial charge in [0.15, 0.2) is 5.11 Å². The van der Waals surface area contributed by atoms with E-state index in [4.69, 9.17) is 17.0 Å². The predicted octanol–water partition coefficient (Wildman–Crippen LogP) is 4.99. The normalized spacial score (nSPS) is 10.2. The first kappa shape index (κ1) is 22.7. The van der Waals surface area contributed by atoms with Crippen molar-refractivity contribution in [2.45, 2.75) is 6.92 Å². The quantitative estimate of drug-likeness (QED) is 0.311. The lowest BCUT2D eigenvalue weighted by Crippen LogP contribution is -2.34. The molecule has 0 spiro atoms. The molecule has 0 radical (unpaired) electrons. The summed E-state index contributed by atoms with van der Waals surface area (Å²) in [6.07, 6.45) is 0.